The summed E-state index contributed by atoms with van der Waals surface area (Å²) in [7, 11) is 0. The van der Waals surface area contributed by atoms with Crippen molar-refractivity contribution in [3.63, 3.8) is 0 Å². The molecule has 0 aliphatic heterocycles. The van der Waals surface area contributed by atoms with Crippen LogP contribution in [-0.4, -0.2) is 15.9 Å². The van der Waals surface area contributed by atoms with Crippen LogP contribution in [0.3, 0.4) is 0 Å². The standard InChI is InChI=1S/C29H25BrN4O2/c30-24-14-15-26-25(16-24)29(35)34(28(33-26)20-8-2-1-3-9-20)32-18-22-11-6-7-13-27(22)36-19-23-12-5-4-10-21(23)17-31/h4-7,10-16,18,20H,1-3,8-9,19H2. The van der Waals surface area contributed by atoms with E-state index in [0.29, 0.717) is 28.0 Å². The molecule has 1 fully saturated rings. The zero-order valence-corrected chi connectivity index (χ0v) is 21.3. The van der Waals surface area contributed by atoms with Crippen molar-refractivity contribution >= 4 is 33.0 Å². The Balaban J connectivity index is 1.51. The first-order chi connectivity index (χ1) is 17.6. The van der Waals surface area contributed by atoms with E-state index in [-0.39, 0.29) is 18.1 Å². The zero-order chi connectivity index (χ0) is 24.9. The van der Waals surface area contributed by atoms with Crippen molar-refractivity contribution in [3.8, 4) is 11.8 Å². The van der Waals surface area contributed by atoms with Gasteiger partial charge in [0, 0.05) is 21.5 Å². The monoisotopic (exact) mass is 540 g/mol. The molecular formula is C29H25BrN4O2. The lowest BCUT2D eigenvalue weighted by molar-refractivity contribution is 0.305. The molecule has 7 heteroatoms. The van der Waals surface area contributed by atoms with Crippen molar-refractivity contribution in [1.82, 2.24) is 9.66 Å². The molecule has 0 N–H and O–H groups in total. The highest BCUT2D eigenvalue weighted by Gasteiger charge is 2.22. The number of hydrogen-bond donors (Lipinski definition) is 0. The van der Waals surface area contributed by atoms with E-state index < -0.39 is 0 Å². The van der Waals surface area contributed by atoms with Gasteiger partial charge in [-0.1, -0.05) is 65.5 Å². The number of nitrogens with zero attached hydrogens (tertiary/aromatic N) is 4. The number of halogens is 1. The predicted molar refractivity (Wildman–Crippen MR) is 144 cm³/mol. The normalized spacial score (nSPS) is 14.2. The fourth-order valence-corrected chi connectivity index (χ4v) is 5.01. The maximum absolute atomic E-state index is 13.6. The maximum atomic E-state index is 13.6. The Labute approximate surface area is 218 Å². The summed E-state index contributed by atoms with van der Waals surface area (Å²) in [5, 5.41) is 14.5. The Kier molecular flexibility index (Phi) is 7.24. The van der Waals surface area contributed by atoms with E-state index in [1.54, 1.807) is 18.3 Å². The number of ether oxygens (including phenoxy) is 1. The molecule has 0 unspecified atom stereocenters. The van der Waals surface area contributed by atoms with Crippen LogP contribution in [0.25, 0.3) is 10.9 Å². The maximum Gasteiger partial charge on any atom is 0.282 e. The van der Waals surface area contributed by atoms with E-state index in [1.165, 1.54) is 11.1 Å². The molecule has 0 bridgehead atoms. The van der Waals surface area contributed by atoms with Gasteiger partial charge in [0.15, 0.2) is 0 Å². The van der Waals surface area contributed by atoms with E-state index in [2.05, 4.69) is 27.1 Å². The van der Waals surface area contributed by atoms with Crippen LogP contribution in [0.4, 0.5) is 0 Å². The smallest absolute Gasteiger partial charge is 0.282 e. The molecule has 1 aromatic heterocycles. The van der Waals surface area contributed by atoms with Gasteiger partial charge in [-0.25, -0.2) is 4.98 Å². The van der Waals surface area contributed by atoms with Gasteiger partial charge >= 0.3 is 0 Å². The van der Waals surface area contributed by atoms with Gasteiger partial charge in [0.1, 0.15) is 18.2 Å². The second-order valence-corrected chi connectivity index (χ2v) is 9.84. The lowest BCUT2D eigenvalue weighted by atomic mass is 9.88. The molecule has 3 aromatic carbocycles. The van der Waals surface area contributed by atoms with E-state index >= 15 is 0 Å². The van der Waals surface area contributed by atoms with Crippen molar-refractivity contribution < 1.29 is 4.74 Å². The van der Waals surface area contributed by atoms with Crippen molar-refractivity contribution in [2.45, 2.75) is 44.6 Å². The SMILES string of the molecule is N#Cc1ccccc1COc1ccccc1C=Nn1c(C2CCCCC2)nc2ccc(Br)cc2c1=O. The van der Waals surface area contributed by atoms with Gasteiger partial charge in [-0.05, 0) is 49.2 Å². The first-order valence-corrected chi connectivity index (χ1v) is 12.9. The van der Waals surface area contributed by atoms with E-state index in [9.17, 15) is 10.1 Å². The topological polar surface area (TPSA) is 80.3 Å². The molecule has 5 rings (SSSR count). The molecule has 0 radical (unpaired) electrons. The summed E-state index contributed by atoms with van der Waals surface area (Å²) >= 11 is 3.47. The van der Waals surface area contributed by atoms with Gasteiger partial charge in [0.2, 0.25) is 0 Å². The summed E-state index contributed by atoms with van der Waals surface area (Å²) in [6.45, 7) is 0.257. The fourth-order valence-electron chi connectivity index (χ4n) is 4.65. The molecule has 4 aromatic rings. The van der Waals surface area contributed by atoms with Crippen LogP contribution in [0.5, 0.6) is 5.75 Å². The predicted octanol–water partition coefficient (Wildman–Crippen LogP) is 6.54. The van der Waals surface area contributed by atoms with E-state index in [0.717, 1.165) is 41.3 Å². The third kappa shape index (κ3) is 5.09. The highest BCUT2D eigenvalue weighted by atomic mass is 79.9. The molecule has 36 heavy (non-hydrogen) atoms. The second-order valence-electron chi connectivity index (χ2n) is 8.92. The molecule has 6 nitrogen and oxygen atoms in total. The molecule has 1 aliphatic rings. The van der Waals surface area contributed by atoms with Gasteiger partial charge in [-0.15, -0.1) is 0 Å². The summed E-state index contributed by atoms with van der Waals surface area (Å²) in [6, 6.07) is 22.7. The minimum Gasteiger partial charge on any atom is -0.488 e. The first-order valence-electron chi connectivity index (χ1n) is 12.1. The average Bonchev–Trinajstić information content (AvgIpc) is 2.92. The lowest BCUT2D eigenvalue weighted by Gasteiger charge is -2.22. The third-order valence-electron chi connectivity index (χ3n) is 6.56. The fraction of sp³-hybridized carbons (Fsp3) is 0.241. The Morgan fingerprint density at radius 2 is 1.86 bits per heavy atom. The highest BCUT2D eigenvalue weighted by molar-refractivity contribution is 9.10. The Morgan fingerprint density at radius 1 is 1.08 bits per heavy atom. The van der Waals surface area contributed by atoms with Gasteiger partial charge in [0.25, 0.3) is 5.56 Å². The van der Waals surface area contributed by atoms with Gasteiger partial charge in [-0.2, -0.15) is 15.0 Å². The van der Waals surface area contributed by atoms with Crippen molar-refractivity contribution in [3.05, 3.63) is 104 Å². The average molecular weight is 541 g/mol. The summed E-state index contributed by atoms with van der Waals surface area (Å²) < 4.78 is 8.36. The molecule has 1 aliphatic carbocycles. The summed E-state index contributed by atoms with van der Waals surface area (Å²) in [6.07, 6.45) is 7.13. The lowest BCUT2D eigenvalue weighted by Crippen LogP contribution is -2.25. The van der Waals surface area contributed by atoms with Crippen molar-refractivity contribution in [2.75, 3.05) is 0 Å². The summed E-state index contributed by atoms with van der Waals surface area (Å²) in [5.41, 5.74) is 2.64. The number of para-hydroxylation sites is 1. The Bertz CT molecular complexity index is 1530. The van der Waals surface area contributed by atoms with Gasteiger partial charge < -0.3 is 4.74 Å². The van der Waals surface area contributed by atoms with Crippen LogP contribution in [0.1, 0.15) is 60.5 Å². The van der Waals surface area contributed by atoms with Crippen LogP contribution in [-0.2, 0) is 6.61 Å². The van der Waals surface area contributed by atoms with Crippen LogP contribution >= 0.6 is 15.9 Å². The van der Waals surface area contributed by atoms with E-state index in [4.69, 9.17) is 9.72 Å². The largest absolute Gasteiger partial charge is 0.488 e. The Morgan fingerprint density at radius 3 is 2.69 bits per heavy atom. The highest BCUT2D eigenvalue weighted by Crippen LogP contribution is 2.32. The molecule has 1 heterocycles. The second kappa shape index (κ2) is 10.9. The molecule has 0 amide bonds. The number of nitriles is 1. The molecule has 0 atom stereocenters. The van der Waals surface area contributed by atoms with Gasteiger partial charge in [-0.3, -0.25) is 4.79 Å². The summed E-state index contributed by atoms with van der Waals surface area (Å²) in [5.74, 6) is 1.54. The molecule has 180 valence electrons. The van der Waals surface area contributed by atoms with Crippen molar-refractivity contribution in [2.24, 2.45) is 5.10 Å². The third-order valence-corrected chi connectivity index (χ3v) is 7.05. The number of rotatable bonds is 6. The zero-order valence-electron chi connectivity index (χ0n) is 19.7. The number of hydrogen-bond acceptors (Lipinski definition) is 5. The quantitative estimate of drug-likeness (QED) is 0.260. The van der Waals surface area contributed by atoms with Gasteiger partial charge in [0.05, 0.1) is 28.8 Å². The molecule has 1 saturated carbocycles. The summed E-state index contributed by atoms with van der Waals surface area (Å²) in [4.78, 5) is 18.5. The molecule has 0 saturated heterocycles. The number of fused-ring (bicyclic) bond motifs is 1. The van der Waals surface area contributed by atoms with Crippen LogP contribution < -0.4 is 10.3 Å². The van der Waals surface area contributed by atoms with Crippen LogP contribution in [0.2, 0.25) is 0 Å². The number of aromatic nitrogens is 2. The molecular weight excluding hydrogens is 516 g/mol. The van der Waals surface area contributed by atoms with Crippen LogP contribution in [0.15, 0.2) is 81.1 Å². The molecule has 0 spiro atoms. The first kappa shape index (κ1) is 24.0. The van der Waals surface area contributed by atoms with E-state index in [1.807, 2.05) is 54.6 Å². The Hall–Kier alpha value is -3.76. The minimum absolute atomic E-state index is 0.181. The van der Waals surface area contributed by atoms with Crippen LogP contribution in [0, 0.1) is 11.3 Å². The number of benzene rings is 3. The minimum atomic E-state index is -0.181. The van der Waals surface area contributed by atoms with Crippen molar-refractivity contribution in [1.29, 1.82) is 5.26 Å².